The Hall–Kier alpha value is -1.32. The molecule has 0 bridgehead atoms. The first-order chi connectivity index (χ1) is 8.88. The van der Waals surface area contributed by atoms with Gasteiger partial charge >= 0.3 is 0 Å². The van der Waals surface area contributed by atoms with Gasteiger partial charge in [-0.05, 0) is 25.0 Å². The number of nitrogens with two attached hydrogens (primary N) is 1. The summed E-state index contributed by atoms with van der Waals surface area (Å²) in [5.41, 5.74) is 1.29. The highest BCUT2D eigenvalue weighted by atomic mass is 16.5. The third kappa shape index (κ3) is 4.17. The van der Waals surface area contributed by atoms with Gasteiger partial charge < -0.3 is 14.8 Å². The highest BCUT2D eigenvalue weighted by molar-refractivity contribution is 5.28. The molecule has 18 heavy (non-hydrogen) atoms. The van der Waals surface area contributed by atoms with Gasteiger partial charge in [-0.25, -0.2) is 0 Å². The quantitative estimate of drug-likeness (QED) is 0.742. The fourth-order valence-electron chi connectivity index (χ4n) is 2.18. The van der Waals surface area contributed by atoms with Crippen LogP contribution in [0.3, 0.4) is 0 Å². The van der Waals surface area contributed by atoms with Crippen LogP contribution in [0, 0.1) is 0 Å². The second-order valence-electron chi connectivity index (χ2n) is 4.61. The van der Waals surface area contributed by atoms with Gasteiger partial charge in [-0.1, -0.05) is 24.8 Å². The molecule has 0 amide bonds. The van der Waals surface area contributed by atoms with Crippen LogP contribution in [0.2, 0.25) is 0 Å². The molecule has 1 aromatic carbocycles. The van der Waals surface area contributed by atoms with Crippen LogP contribution < -0.4 is 10.1 Å². The number of rotatable bonds is 7. The third-order valence-electron chi connectivity index (χ3n) is 3.10. The molecular weight excluding hydrogens is 226 g/mol. The van der Waals surface area contributed by atoms with E-state index in [-0.39, 0.29) is 0 Å². The number of ether oxygens (including phenoxy) is 2. The predicted molar refractivity (Wildman–Crippen MR) is 71.6 cm³/mol. The molecule has 1 heterocycles. The standard InChI is InChI=1S/C15H21NO2/c1-2-8-17-14-6-3-5-13(10-14)11-16-12-15-7-4-9-18-15/h2-3,5-6,10,15-16H,1,4,7-9,11-12H2/p+1/t15-/m1/s1. The average molecular weight is 248 g/mol. The smallest absolute Gasteiger partial charge is 0.120 e. The molecule has 0 spiro atoms. The Morgan fingerprint density at radius 2 is 2.44 bits per heavy atom. The fourth-order valence-corrected chi connectivity index (χ4v) is 2.18. The molecule has 0 radical (unpaired) electrons. The van der Waals surface area contributed by atoms with Crippen molar-refractivity contribution in [3.05, 3.63) is 42.5 Å². The summed E-state index contributed by atoms with van der Waals surface area (Å²) in [6.07, 6.45) is 4.63. The lowest BCUT2D eigenvalue weighted by Gasteiger charge is -2.09. The maximum Gasteiger partial charge on any atom is 0.120 e. The first-order valence-electron chi connectivity index (χ1n) is 6.64. The summed E-state index contributed by atoms with van der Waals surface area (Å²) in [5, 5.41) is 2.31. The fraction of sp³-hybridized carbons (Fsp3) is 0.467. The maximum atomic E-state index is 5.60. The van der Waals surface area contributed by atoms with Crippen LogP contribution >= 0.6 is 0 Å². The molecule has 1 atom stereocenters. The van der Waals surface area contributed by atoms with E-state index in [1.807, 2.05) is 12.1 Å². The van der Waals surface area contributed by atoms with Crippen LogP contribution in [-0.2, 0) is 11.3 Å². The van der Waals surface area contributed by atoms with Crippen LogP contribution in [0.1, 0.15) is 18.4 Å². The van der Waals surface area contributed by atoms with Crippen molar-refractivity contribution in [2.24, 2.45) is 0 Å². The second kappa shape index (κ2) is 7.19. The Morgan fingerprint density at radius 3 is 3.22 bits per heavy atom. The van der Waals surface area contributed by atoms with Crippen LogP contribution in [-0.4, -0.2) is 25.9 Å². The average Bonchev–Trinajstić information content (AvgIpc) is 2.90. The van der Waals surface area contributed by atoms with Crippen molar-refractivity contribution in [1.29, 1.82) is 0 Å². The molecule has 0 aromatic heterocycles. The summed E-state index contributed by atoms with van der Waals surface area (Å²) < 4.78 is 11.1. The van der Waals surface area contributed by atoms with Gasteiger partial charge in [0.25, 0.3) is 0 Å². The van der Waals surface area contributed by atoms with Gasteiger partial charge in [0.05, 0.1) is 0 Å². The van der Waals surface area contributed by atoms with Gasteiger partial charge in [0, 0.05) is 12.2 Å². The molecule has 3 nitrogen and oxygen atoms in total. The molecule has 1 aliphatic heterocycles. The van der Waals surface area contributed by atoms with Crippen LogP contribution in [0.4, 0.5) is 0 Å². The maximum absolute atomic E-state index is 5.60. The lowest BCUT2D eigenvalue weighted by Crippen LogP contribution is -2.84. The van der Waals surface area contributed by atoms with Crippen LogP contribution in [0.25, 0.3) is 0 Å². The topological polar surface area (TPSA) is 35.1 Å². The summed E-state index contributed by atoms with van der Waals surface area (Å²) in [6.45, 7) is 7.17. The van der Waals surface area contributed by atoms with E-state index in [9.17, 15) is 0 Å². The minimum atomic E-state index is 0.449. The van der Waals surface area contributed by atoms with E-state index in [1.54, 1.807) is 6.08 Å². The van der Waals surface area contributed by atoms with Crippen molar-refractivity contribution >= 4 is 0 Å². The van der Waals surface area contributed by atoms with Gasteiger partial charge in [0.2, 0.25) is 0 Å². The predicted octanol–water partition coefficient (Wildman–Crippen LogP) is 1.49. The Kier molecular flexibility index (Phi) is 5.24. The van der Waals surface area contributed by atoms with Crippen molar-refractivity contribution in [3.8, 4) is 5.75 Å². The second-order valence-corrected chi connectivity index (χ2v) is 4.61. The third-order valence-corrected chi connectivity index (χ3v) is 3.10. The van der Waals surface area contributed by atoms with E-state index < -0.39 is 0 Å². The minimum Gasteiger partial charge on any atom is -0.490 e. The van der Waals surface area contributed by atoms with Gasteiger partial charge in [-0.15, -0.1) is 0 Å². The van der Waals surface area contributed by atoms with E-state index in [0.717, 1.165) is 25.4 Å². The van der Waals surface area contributed by atoms with Gasteiger partial charge in [0.1, 0.15) is 31.5 Å². The molecule has 0 unspecified atom stereocenters. The normalized spacial score (nSPS) is 18.8. The van der Waals surface area contributed by atoms with Gasteiger partial charge in [-0.3, -0.25) is 0 Å². The van der Waals surface area contributed by atoms with Crippen LogP contribution in [0.15, 0.2) is 36.9 Å². The molecule has 2 rings (SSSR count). The largest absolute Gasteiger partial charge is 0.490 e. The van der Waals surface area contributed by atoms with E-state index in [1.165, 1.54) is 18.4 Å². The summed E-state index contributed by atoms with van der Waals surface area (Å²) in [4.78, 5) is 0. The number of benzene rings is 1. The monoisotopic (exact) mass is 248 g/mol. The van der Waals surface area contributed by atoms with Crippen LogP contribution in [0.5, 0.6) is 5.75 Å². The lowest BCUT2D eigenvalue weighted by atomic mass is 10.2. The summed E-state index contributed by atoms with van der Waals surface area (Å²) in [7, 11) is 0. The van der Waals surface area contributed by atoms with Crippen molar-refractivity contribution in [1.82, 2.24) is 0 Å². The highest BCUT2D eigenvalue weighted by Crippen LogP contribution is 2.13. The van der Waals surface area contributed by atoms with Crippen molar-refractivity contribution in [3.63, 3.8) is 0 Å². The van der Waals surface area contributed by atoms with Crippen molar-refractivity contribution in [2.75, 3.05) is 19.8 Å². The van der Waals surface area contributed by atoms with Gasteiger partial charge in [-0.2, -0.15) is 0 Å². The first kappa shape index (κ1) is 13.1. The summed E-state index contributed by atoms with van der Waals surface area (Å²) in [6, 6.07) is 8.24. The molecule has 1 saturated heterocycles. The summed E-state index contributed by atoms with van der Waals surface area (Å²) in [5.74, 6) is 0.915. The Morgan fingerprint density at radius 1 is 1.50 bits per heavy atom. The Bertz CT molecular complexity index is 373. The first-order valence-corrected chi connectivity index (χ1v) is 6.64. The molecule has 1 aliphatic rings. The molecule has 3 heteroatoms. The highest BCUT2D eigenvalue weighted by Gasteiger charge is 2.16. The SMILES string of the molecule is C=CCOc1cccc(C[NH2+]C[C@H]2CCCO2)c1. The molecule has 98 valence electrons. The summed E-state index contributed by atoms with van der Waals surface area (Å²) >= 11 is 0. The van der Waals surface area contributed by atoms with E-state index >= 15 is 0 Å². The number of hydrogen-bond donors (Lipinski definition) is 1. The zero-order valence-corrected chi connectivity index (χ0v) is 10.8. The molecule has 1 aromatic rings. The van der Waals surface area contributed by atoms with E-state index in [4.69, 9.17) is 9.47 Å². The zero-order valence-electron chi connectivity index (χ0n) is 10.8. The molecule has 0 saturated carbocycles. The molecule has 2 N–H and O–H groups in total. The van der Waals surface area contributed by atoms with E-state index in [0.29, 0.717) is 12.7 Å². The zero-order chi connectivity index (χ0) is 12.6. The number of quaternary nitrogens is 1. The number of hydrogen-bond acceptors (Lipinski definition) is 2. The van der Waals surface area contributed by atoms with Crippen molar-refractivity contribution in [2.45, 2.75) is 25.5 Å². The molecule has 1 fully saturated rings. The minimum absolute atomic E-state index is 0.449. The molecular formula is C15H22NO2+. The lowest BCUT2D eigenvalue weighted by molar-refractivity contribution is -0.676. The Labute approximate surface area is 109 Å². The van der Waals surface area contributed by atoms with Crippen molar-refractivity contribution < 1.29 is 14.8 Å². The Balaban J connectivity index is 1.75. The molecule has 0 aliphatic carbocycles. The van der Waals surface area contributed by atoms with Gasteiger partial charge in [0.15, 0.2) is 0 Å². The van der Waals surface area contributed by atoms with E-state index in [2.05, 4.69) is 24.0 Å².